The van der Waals surface area contributed by atoms with Gasteiger partial charge in [0.15, 0.2) is 0 Å². The Balaban J connectivity index is 1.97. The molecule has 0 aliphatic heterocycles. The molecular formula is C15H11ClFN3O2. The third kappa shape index (κ3) is 2.60. The first-order valence-electron chi connectivity index (χ1n) is 6.36. The molecule has 0 aliphatic rings. The zero-order valence-electron chi connectivity index (χ0n) is 11.5. The SMILES string of the molecule is COc1cc(C(=O)Nc2ccc(F)c(Cl)c2)c2[nH]ncc2c1. The zero-order valence-corrected chi connectivity index (χ0v) is 12.2. The van der Waals surface area contributed by atoms with Gasteiger partial charge < -0.3 is 10.1 Å². The van der Waals surface area contributed by atoms with E-state index in [1.807, 2.05) is 0 Å². The van der Waals surface area contributed by atoms with E-state index in [2.05, 4.69) is 15.5 Å². The van der Waals surface area contributed by atoms with Crippen molar-refractivity contribution in [2.45, 2.75) is 0 Å². The maximum atomic E-state index is 13.1. The maximum Gasteiger partial charge on any atom is 0.257 e. The summed E-state index contributed by atoms with van der Waals surface area (Å²) in [5.41, 5.74) is 1.35. The number of aromatic nitrogens is 2. The summed E-state index contributed by atoms with van der Waals surface area (Å²) in [6.07, 6.45) is 1.60. The van der Waals surface area contributed by atoms with Crippen molar-refractivity contribution in [3.05, 3.63) is 52.9 Å². The third-order valence-corrected chi connectivity index (χ3v) is 3.47. The van der Waals surface area contributed by atoms with E-state index in [9.17, 15) is 9.18 Å². The molecule has 1 aromatic heterocycles. The maximum absolute atomic E-state index is 13.1. The minimum atomic E-state index is -0.544. The predicted octanol–water partition coefficient (Wildman–Crippen LogP) is 3.62. The van der Waals surface area contributed by atoms with Gasteiger partial charge in [-0.25, -0.2) is 4.39 Å². The highest BCUT2D eigenvalue weighted by molar-refractivity contribution is 6.31. The highest BCUT2D eigenvalue weighted by Crippen LogP contribution is 2.25. The first-order valence-corrected chi connectivity index (χ1v) is 6.74. The van der Waals surface area contributed by atoms with Crippen LogP contribution in [0, 0.1) is 5.82 Å². The number of H-pyrrole nitrogens is 1. The number of rotatable bonds is 3. The molecule has 2 N–H and O–H groups in total. The van der Waals surface area contributed by atoms with Crippen molar-refractivity contribution < 1.29 is 13.9 Å². The lowest BCUT2D eigenvalue weighted by molar-refractivity contribution is 0.102. The van der Waals surface area contributed by atoms with Crippen LogP contribution < -0.4 is 10.1 Å². The number of anilines is 1. The van der Waals surface area contributed by atoms with Crippen molar-refractivity contribution in [3.8, 4) is 5.75 Å². The number of ether oxygens (including phenoxy) is 1. The average molecular weight is 320 g/mol. The van der Waals surface area contributed by atoms with Crippen LogP contribution in [-0.2, 0) is 0 Å². The van der Waals surface area contributed by atoms with Gasteiger partial charge in [0.25, 0.3) is 5.91 Å². The largest absolute Gasteiger partial charge is 0.497 e. The molecule has 0 saturated heterocycles. The van der Waals surface area contributed by atoms with Gasteiger partial charge in [-0.2, -0.15) is 5.10 Å². The summed E-state index contributed by atoms with van der Waals surface area (Å²) in [6.45, 7) is 0. The van der Waals surface area contributed by atoms with Crippen molar-refractivity contribution in [2.24, 2.45) is 0 Å². The molecule has 7 heteroatoms. The first kappa shape index (κ1) is 14.3. The van der Waals surface area contributed by atoms with E-state index in [0.29, 0.717) is 22.5 Å². The molecule has 0 atom stereocenters. The van der Waals surface area contributed by atoms with E-state index in [1.165, 1.54) is 25.3 Å². The molecule has 112 valence electrons. The van der Waals surface area contributed by atoms with Crippen LogP contribution in [-0.4, -0.2) is 23.2 Å². The number of methoxy groups -OCH3 is 1. The lowest BCUT2D eigenvalue weighted by atomic mass is 10.1. The van der Waals surface area contributed by atoms with Crippen LogP contribution in [0.2, 0.25) is 5.02 Å². The average Bonchev–Trinajstić information content (AvgIpc) is 2.98. The predicted molar refractivity (Wildman–Crippen MR) is 82.0 cm³/mol. The fourth-order valence-electron chi connectivity index (χ4n) is 2.10. The molecule has 1 amide bonds. The molecular weight excluding hydrogens is 309 g/mol. The number of hydrogen-bond acceptors (Lipinski definition) is 3. The molecule has 0 radical (unpaired) electrons. The van der Waals surface area contributed by atoms with Gasteiger partial charge in [0.2, 0.25) is 0 Å². The van der Waals surface area contributed by atoms with Crippen LogP contribution in [0.25, 0.3) is 10.9 Å². The smallest absolute Gasteiger partial charge is 0.257 e. The molecule has 0 bridgehead atoms. The number of benzene rings is 2. The topological polar surface area (TPSA) is 67.0 Å². The van der Waals surface area contributed by atoms with Crippen LogP contribution >= 0.6 is 11.6 Å². The minimum Gasteiger partial charge on any atom is -0.497 e. The summed E-state index contributed by atoms with van der Waals surface area (Å²) < 4.78 is 18.3. The number of halogens is 2. The van der Waals surface area contributed by atoms with Gasteiger partial charge >= 0.3 is 0 Å². The van der Waals surface area contributed by atoms with E-state index >= 15 is 0 Å². The van der Waals surface area contributed by atoms with Crippen LogP contribution in [0.3, 0.4) is 0 Å². The van der Waals surface area contributed by atoms with Crippen molar-refractivity contribution in [3.63, 3.8) is 0 Å². The zero-order chi connectivity index (χ0) is 15.7. The van der Waals surface area contributed by atoms with Gasteiger partial charge in [-0.3, -0.25) is 9.89 Å². The normalized spacial score (nSPS) is 10.7. The highest BCUT2D eigenvalue weighted by Gasteiger charge is 2.14. The Morgan fingerprint density at radius 1 is 1.36 bits per heavy atom. The number of aromatic amines is 1. The minimum absolute atomic E-state index is 0.0601. The second kappa shape index (κ2) is 5.65. The number of amides is 1. The van der Waals surface area contributed by atoms with Gasteiger partial charge in [-0.05, 0) is 30.3 Å². The Hall–Kier alpha value is -2.60. The summed E-state index contributed by atoms with van der Waals surface area (Å²) in [5.74, 6) is -0.385. The summed E-state index contributed by atoms with van der Waals surface area (Å²) in [4.78, 5) is 12.4. The van der Waals surface area contributed by atoms with Gasteiger partial charge in [-0.1, -0.05) is 11.6 Å². The quantitative estimate of drug-likeness (QED) is 0.775. The van der Waals surface area contributed by atoms with Crippen molar-refractivity contribution in [1.82, 2.24) is 10.2 Å². The molecule has 0 unspecified atom stereocenters. The Labute approximate surface area is 130 Å². The van der Waals surface area contributed by atoms with E-state index in [1.54, 1.807) is 18.3 Å². The second-order valence-electron chi connectivity index (χ2n) is 4.59. The Morgan fingerprint density at radius 2 is 2.18 bits per heavy atom. The molecule has 3 rings (SSSR count). The number of carbonyl (C=O) groups is 1. The summed E-state index contributed by atoms with van der Waals surface area (Å²) in [6, 6.07) is 7.34. The molecule has 3 aromatic rings. The molecule has 0 aliphatic carbocycles. The molecule has 2 aromatic carbocycles. The van der Waals surface area contributed by atoms with Crippen LogP contribution in [0.5, 0.6) is 5.75 Å². The van der Waals surface area contributed by atoms with Crippen molar-refractivity contribution in [1.29, 1.82) is 0 Å². The number of fused-ring (bicyclic) bond motifs is 1. The number of carbonyl (C=O) groups excluding carboxylic acids is 1. The summed E-state index contributed by atoms with van der Waals surface area (Å²) in [5, 5.41) is 10.1. The van der Waals surface area contributed by atoms with Crippen molar-refractivity contribution >= 4 is 34.1 Å². The Morgan fingerprint density at radius 3 is 2.91 bits per heavy atom. The van der Waals surface area contributed by atoms with Gasteiger partial charge in [0.05, 0.1) is 29.4 Å². The Kier molecular flexibility index (Phi) is 3.68. The molecule has 5 nitrogen and oxygen atoms in total. The number of nitrogens with one attached hydrogen (secondary N) is 2. The molecule has 0 fully saturated rings. The monoisotopic (exact) mass is 319 g/mol. The van der Waals surface area contributed by atoms with Crippen LogP contribution in [0.4, 0.5) is 10.1 Å². The van der Waals surface area contributed by atoms with Gasteiger partial charge in [-0.15, -0.1) is 0 Å². The molecule has 0 spiro atoms. The van der Waals surface area contributed by atoms with Crippen LogP contribution in [0.1, 0.15) is 10.4 Å². The fourth-order valence-corrected chi connectivity index (χ4v) is 2.28. The molecule has 22 heavy (non-hydrogen) atoms. The summed E-state index contributed by atoms with van der Waals surface area (Å²) >= 11 is 5.71. The molecule has 0 saturated carbocycles. The number of hydrogen-bond donors (Lipinski definition) is 2. The van der Waals surface area contributed by atoms with E-state index in [-0.39, 0.29) is 10.9 Å². The van der Waals surface area contributed by atoms with Crippen LogP contribution in [0.15, 0.2) is 36.5 Å². The third-order valence-electron chi connectivity index (χ3n) is 3.18. The van der Waals surface area contributed by atoms with Gasteiger partial charge in [0, 0.05) is 11.1 Å². The lowest BCUT2D eigenvalue weighted by Crippen LogP contribution is -2.12. The highest BCUT2D eigenvalue weighted by atomic mass is 35.5. The summed E-state index contributed by atoms with van der Waals surface area (Å²) in [7, 11) is 1.52. The fraction of sp³-hybridized carbons (Fsp3) is 0.0667. The number of nitrogens with zero attached hydrogens (tertiary/aromatic N) is 1. The standard InChI is InChI=1S/C15H11ClFN3O2/c1-22-10-4-8-7-18-20-14(8)11(6-10)15(21)19-9-2-3-13(17)12(16)5-9/h2-7H,1H3,(H,18,20)(H,19,21). The van der Waals surface area contributed by atoms with E-state index in [0.717, 1.165) is 5.39 Å². The van der Waals surface area contributed by atoms with E-state index in [4.69, 9.17) is 16.3 Å². The lowest BCUT2D eigenvalue weighted by Gasteiger charge is -2.08. The molecule has 1 heterocycles. The van der Waals surface area contributed by atoms with Crippen molar-refractivity contribution in [2.75, 3.05) is 12.4 Å². The Bertz CT molecular complexity index is 863. The van der Waals surface area contributed by atoms with Gasteiger partial charge in [0.1, 0.15) is 11.6 Å². The first-order chi connectivity index (χ1) is 10.6. The van der Waals surface area contributed by atoms with E-state index < -0.39 is 5.82 Å². The second-order valence-corrected chi connectivity index (χ2v) is 5.00.